The van der Waals surface area contributed by atoms with E-state index < -0.39 is 0 Å². The largest absolute Gasteiger partial charge is 0.357 e. The minimum absolute atomic E-state index is 0. The number of hydrogen-bond donors (Lipinski definition) is 2. The van der Waals surface area contributed by atoms with Gasteiger partial charge in [-0.05, 0) is 51.0 Å². The molecule has 1 saturated carbocycles. The van der Waals surface area contributed by atoms with Crippen LogP contribution >= 0.6 is 35.7 Å². The van der Waals surface area contributed by atoms with E-state index >= 15 is 0 Å². The van der Waals surface area contributed by atoms with Gasteiger partial charge in [0, 0.05) is 24.0 Å². The topological polar surface area (TPSA) is 49.3 Å². The Bertz CT molecular complexity index is 481. The summed E-state index contributed by atoms with van der Waals surface area (Å²) < 4.78 is 0. The molecular weight excluding hydrogens is 407 g/mol. The molecule has 0 aliphatic heterocycles. The smallest absolute Gasteiger partial charge is 0.191 e. The molecule has 2 unspecified atom stereocenters. The highest BCUT2D eigenvalue weighted by Crippen LogP contribution is 2.28. The monoisotopic (exact) mass is 434 g/mol. The van der Waals surface area contributed by atoms with Gasteiger partial charge in [0.2, 0.25) is 0 Å². The molecule has 0 spiro atoms. The maximum atomic E-state index is 4.68. The van der Waals surface area contributed by atoms with Crippen LogP contribution in [0.3, 0.4) is 0 Å². The molecule has 1 aliphatic carbocycles. The third-order valence-corrected chi connectivity index (χ3v) is 5.00. The summed E-state index contributed by atoms with van der Waals surface area (Å²) in [6.45, 7) is 5.69. The van der Waals surface area contributed by atoms with Crippen molar-refractivity contribution in [3.05, 3.63) is 29.6 Å². The van der Waals surface area contributed by atoms with Gasteiger partial charge >= 0.3 is 0 Å². The number of thioether (sulfide) groups is 1. The molecule has 1 fully saturated rings. The number of pyridine rings is 1. The maximum absolute atomic E-state index is 4.68. The van der Waals surface area contributed by atoms with Crippen molar-refractivity contribution in [1.82, 2.24) is 15.6 Å². The van der Waals surface area contributed by atoms with Crippen molar-refractivity contribution in [3.8, 4) is 0 Å². The Morgan fingerprint density at radius 3 is 2.91 bits per heavy atom. The van der Waals surface area contributed by atoms with Gasteiger partial charge in [-0.1, -0.05) is 6.07 Å². The minimum atomic E-state index is 0. The van der Waals surface area contributed by atoms with E-state index in [-0.39, 0.29) is 24.0 Å². The lowest BCUT2D eigenvalue weighted by molar-refractivity contribution is 0.614. The number of hydrogen-bond acceptors (Lipinski definition) is 3. The second kappa shape index (κ2) is 10.3. The van der Waals surface area contributed by atoms with Crippen LogP contribution in [0.25, 0.3) is 0 Å². The van der Waals surface area contributed by atoms with Gasteiger partial charge in [0.05, 0.1) is 12.2 Å². The zero-order valence-electron chi connectivity index (χ0n) is 13.6. The lowest BCUT2D eigenvalue weighted by Gasteiger charge is -2.17. The van der Waals surface area contributed by atoms with E-state index in [1.54, 1.807) is 0 Å². The standard InChI is InChI=1S/C16H26N4S.HI/c1-4-17-16(20-13-7-8-14(10-13)21-3)19-11-15-12(2)6-5-9-18-15;/h5-6,9,13-14H,4,7-8,10-11H2,1-3H3,(H2,17,19,20);1H. The van der Waals surface area contributed by atoms with E-state index in [2.05, 4.69) is 46.8 Å². The number of aryl methyl sites for hydroxylation is 1. The first kappa shape index (κ1) is 19.5. The number of aliphatic imine (C=N–C) groups is 1. The molecule has 1 aliphatic rings. The summed E-state index contributed by atoms with van der Waals surface area (Å²) in [6.07, 6.45) is 7.80. The molecule has 0 radical (unpaired) electrons. The highest BCUT2D eigenvalue weighted by molar-refractivity contribution is 14.0. The van der Waals surface area contributed by atoms with Gasteiger partial charge in [-0.25, -0.2) is 4.99 Å². The highest BCUT2D eigenvalue weighted by Gasteiger charge is 2.24. The molecule has 0 amide bonds. The Morgan fingerprint density at radius 1 is 1.45 bits per heavy atom. The van der Waals surface area contributed by atoms with Crippen LogP contribution in [0, 0.1) is 6.92 Å². The van der Waals surface area contributed by atoms with Gasteiger partial charge in [0.15, 0.2) is 5.96 Å². The van der Waals surface area contributed by atoms with Crippen LogP contribution in [0.5, 0.6) is 0 Å². The molecule has 1 heterocycles. The van der Waals surface area contributed by atoms with E-state index in [1.165, 1.54) is 24.8 Å². The quantitative estimate of drug-likeness (QED) is 0.424. The molecule has 4 nitrogen and oxygen atoms in total. The Labute approximate surface area is 155 Å². The predicted molar refractivity (Wildman–Crippen MR) is 107 cm³/mol. The van der Waals surface area contributed by atoms with Gasteiger partial charge in [-0.3, -0.25) is 4.98 Å². The number of halogens is 1. The number of guanidine groups is 1. The van der Waals surface area contributed by atoms with Crippen LogP contribution < -0.4 is 10.6 Å². The second-order valence-corrected chi connectivity index (χ2v) is 6.61. The average molecular weight is 434 g/mol. The summed E-state index contributed by atoms with van der Waals surface area (Å²) in [5.41, 5.74) is 2.24. The Morgan fingerprint density at radius 2 is 2.27 bits per heavy atom. The van der Waals surface area contributed by atoms with Crippen LogP contribution in [0.4, 0.5) is 0 Å². The summed E-state index contributed by atoms with van der Waals surface area (Å²) in [5.74, 6) is 0.911. The molecule has 124 valence electrons. The van der Waals surface area contributed by atoms with Crippen LogP contribution in [0.1, 0.15) is 37.4 Å². The SMILES string of the molecule is CCNC(=NCc1ncccc1C)NC1CCC(SC)C1.I. The first-order chi connectivity index (χ1) is 10.2. The van der Waals surface area contributed by atoms with Gasteiger partial charge in [0.1, 0.15) is 0 Å². The third kappa shape index (κ3) is 5.95. The molecule has 1 aromatic heterocycles. The minimum Gasteiger partial charge on any atom is -0.357 e. The van der Waals surface area contributed by atoms with Crippen molar-refractivity contribution in [2.75, 3.05) is 12.8 Å². The van der Waals surface area contributed by atoms with Crippen molar-refractivity contribution in [2.45, 2.75) is 50.9 Å². The van der Waals surface area contributed by atoms with Crippen LogP contribution in [-0.2, 0) is 6.54 Å². The molecule has 6 heteroatoms. The summed E-state index contributed by atoms with van der Waals surface area (Å²) in [5, 5.41) is 7.70. The zero-order valence-corrected chi connectivity index (χ0v) is 16.8. The number of nitrogens with one attached hydrogen (secondary N) is 2. The third-order valence-electron chi connectivity index (χ3n) is 3.91. The Balaban J connectivity index is 0.00000242. The molecule has 22 heavy (non-hydrogen) atoms. The number of aromatic nitrogens is 1. The van der Waals surface area contributed by atoms with Crippen LogP contribution in [0.15, 0.2) is 23.3 Å². The van der Waals surface area contributed by atoms with Crippen molar-refractivity contribution >= 4 is 41.7 Å². The van der Waals surface area contributed by atoms with E-state index in [9.17, 15) is 0 Å². The first-order valence-corrected chi connectivity index (χ1v) is 8.99. The van der Waals surface area contributed by atoms with Gasteiger partial charge in [-0.15, -0.1) is 24.0 Å². The molecule has 0 aromatic carbocycles. The summed E-state index contributed by atoms with van der Waals surface area (Å²) in [6, 6.07) is 4.59. The van der Waals surface area contributed by atoms with E-state index in [0.29, 0.717) is 12.6 Å². The highest BCUT2D eigenvalue weighted by atomic mass is 127. The molecule has 1 aromatic rings. The van der Waals surface area contributed by atoms with E-state index in [1.807, 2.05) is 24.0 Å². The van der Waals surface area contributed by atoms with Crippen LogP contribution in [0.2, 0.25) is 0 Å². The number of rotatable bonds is 5. The lowest BCUT2D eigenvalue weighted by Crippen LogP contribution is -2.42. The fraction of sp³-hybridized carbons (Fsp3) is 0.625. The van der Waals surface area contributed by atoms with Gasteiger partial charge < -0.3 is 10.6 Å². The molecule has 2 atom stereocenters. The molecule has 0 saturated heterocycles. The van der Waals surface area contributed by atoms with Crippen molar-refractivity contribution in [1.29, 1.82) is 0 Å². The first-order valence-electron chi connectivity index (χ1n) is 7.71. The normalized spacial score (nSPS) is 21.3. The van der Waals surface area contributed by atoms with Crippen molar-refractivity contribution < 1.29 is 0 Å². The molecular formula is C16H27IN4S. The van der Waals surface area contributed by atoms with Crippen molar-refractivity contribution in [3.63, 3.8) is 0 Å². The predicted octanol–water partition coefficient (Wildman–Crippen LogP) is 3.35. The van der Waals surface area contributed by atoms with Crippen molar-refractivity contribution in [2.24, 2.45) is 4.99 Å². The fourth-order valence-electron chi connectivity index (χ4n) is 2.64. The average Bonchev–Trinajstić information content (AvgIpc) is 2.94. The summed E-state index contributed by atoms with van der Waals surface area (Å²) in [4.78, 5) is 9.09. The lowest BCUT2D eigenvalue weighted by atomic mass is 10.2. The maximum Gasteiger partial charge on any atom is 0.191 e. The van der Waals surface area contributed by atoms with E-state index in [4.69, 9.17) is 0 Å². The van der Waals surface area contributed by atoms with Crippen LogP contribution in [-0.4, -0.2) is 35.0 Å². The Hall–Kier alpha value is -0.500. The summed E-state index contributed by atoms with van der Waals surface area (Å²) >= 11 is 1.98. The Kier molecular flexibility index (Phi) is 9.16. The molecule has 2 rings (SSSR count). The fourth-order valence-corrected chi connectivity index (χ4v) is 3.43. The summed E-state index contributed by atoms with van der Waals surface area (Å²) in [7, 11) is 0. The van der Waals surface area contributed by atoms with E-state index in [0.717, 1.165) is 23.4 Å². The second-order valence-electron chi connectivity index (χ2n) is 5.47. The van der Waals surface area contributed by atoms with Gasteiger partial charge in [0.25, 0.3) is 0 Å². The molecule has 0 bridgehead atoms. The number of nitrogens with zero attached hydrogens (tertiary/aromatic N) is 2. The molecule has 2 N–H and O–H groups in total. The van der Waals surface area contributed by atoms with Gasteiger partial charge in [-0.2, -0.15) is 11.8 Å². The zero-order chi connectivity index (χ0) is 15.1.